The van der Waals surface area contributed by atoms with Gasteiger partial charge >= 0.3 is 5.97 Å². The zero-order valence-electron chi connectivity index (χ0n) is 10.00. The van der Waals surface area contributed by atoms with Crippen molar-refractivity contribution in [3.63, 3.8) is 0 Å². The number of amides is 1. The van der Waals surface area contributed by atoms with Gasteiger partial charge in [-0.15, -0.1) is 11.6 Å². The van der Waals surface area contributed by atoms with Gasteiger partial charge in [-0.2, -0.15) is 0 Å². The number of halogens is 2. The van der Waals surface area contributed by atoms with Gasteiger partial charge in [0.2, 0.25) is 5.91 Å². The van der Waals surface area contributed by atoms with Crippen LogP contribution in [0.1, 0.15) is 17.3 Å². The third-order valence-corrected chi connectivity index (χ3v) is 2.79. The number of carbonyl (C=O) groups excluding carboxylic acids is 2. The van der Waals surface area contributed by atoms with Crippen LogP contribution >= 0.6 is 11.6 Å². The molecule has 1 aromatic rings. The van der Waals surface area contributed by atoms with Gasteiger partial charge in [0.1, 0.15) is 5.82 Å². The van der Waals surface area contributed by atoms with Crippen LogP contribution in [-0.2, 0) is 9.53 Å². The molecule has 0 aliphatic rings. The maximum Gasteiger partial charge on any atom is 0.339 e. The van der Waals surface area contributed by atoms with Crippen LogP contribution in [0.4, 0.5) is 10.1 Å². The van der Waals surface area contributed by atoms with E-state index >= 15 is 0 Å². The van der Waals surface area contributed by atoms with Crippen molar-refractivity contribution in [2.45, 2.75) is 6.92 Å². The van der Waals surface area contributed by atoms with Crippen molar-refractivity contribution in [3.8, 4) is 0 Å². The first-order valence-corrected chi connectivity index (χ1v) is 5.77. The molecule has 98 valence electrons. The summed E-state index contributed by atoms with van der Waals surface area (Å²) in [6.07, 6.45) is 0. The molecule has 1 atom stereocenters. The first kappa shape index (κ1) is 14.4. The molecule has 1 amide bonds. The average molecular weight is 274 g/mol. The highest BCUT2D eigenvalue weighted by Crippen LogP contribution is 2.19. The summed E-state index contributed by atoms with van der Waals surface area (Å²) in [6, 6.07) is 3.43. The lowest BCUT2D eigenvalue weighted by atomic mass is 10.1. The summed E-state index contributed by atoms with van der Waals surface area (Å²) in [5, 5.41) is 2.45. The highest BCUT2D eigenvalue weighted by Gasteiger charge is 2.17. The van der Waals surface area contributed by atoms with Crippen LogP contribution in [0.3, 0.4) is 0 Å². The van der Waals surface area contributed by atoms with Crippen molar-refractivity contribution in [1.82, 2.24) is 0 Å². The minimum absolute atomic E-state index is 0.0730. The Bertz CT molecular complexity index is 465. The molecule has 1 rings (SSSR count). The summed E-state index contributed by atoms with van der Waals surface area (Å²) in [7, 11) is 1.21. The van der Waals surface area contributed by atoms with Crippen LogP contribution in [0, 0.1) is 11.7 Å². The number of esters is 1. The second-order valence-corrected chi connectivity index (χ2v) is 4.03. The molecule has 0 fully saturated rings. The number of ether oxygens (including phenoxy) is 1. The standard InChI is InChI=1S/C12H13ClFNO3/c1-7(6-13)11(16)15-10-5-8(14)3-4-9(10)12(17)18-2/h3-5,7H,6H2,1-2H3,(H,15,16). The third-order valence-electron chi connectivity index (χ3n) is 2.32. The number of methoxy groups -OCH3 is 1. The summed E-state index contributed by atoms with van der Waals surface area (Å²) in [4.78, 5) is 23.1. The van der Waals surface area contributed by atoms with Gasteiger partial charge < -0.3 is 10.1 Å². The van der Waals surface area contributed by atoms with Gasteiger partial charge in [0.15, 0.2) is 0 Å². The topological polar surface area (TPSA) is 55.4 Å². The molecule has 6 heteroatoms. The molecule has 1 N–H and O–H groups in total. The van der Waals surface area contributed by atoms with Crippen molar-refractivity contribution in [2.24, 2.45) is 5.92 Å². The van der Waals surface area contributed by atoms with Gasteiger partial charge in [-0.3, -0.25) is 4.79 Å². The monoisotopic (exact) mass is 273 g/mol. The number of rotatable bonds is 4. The normalized spacial score (nSPS) is 11.8. The molecular formula is C12H13ClFNO3. The maximum absolute atomic E-state index is 13.1. The predicted octanol–water partition coefficient (Wildman–Crippen LogP) is 2.43. The molecule has 0 heterocycles. The number of nitrogens with one attached hydrogen (secondary N) is 1. The van der Waals surface area contributed by atoms with E-state index in [-0.39, 0.29) is 23.0 Å². The Morgan fingerprint density at radius 2 is 2.17 bits per heavy atom. The number of hydrogen-bond donors (Lipinski definition) is 1. The number of anilines is 1. The van der Waals surface area contributed by atoms with Gasteiger partial charge in [-0.05, 0) is 18.2 Å². The van der Waals surface area contributed by atoms with E-state index in [0.717, 1.165) is 12.1 Å². The van der Waals surface area contributed by atoms with Crippen LogP contribution in [0.5, 0.6) is 0 Å². The minimum Gasteiger partial charge on any atom is -0.465 e. The molecule has 0 saturated heterocycles. The van der Waals surface area contributed by atoms with E-state index < -0.39 is 17.7 Å². The molecule has 1 aromatic carbocycles. The van der Waals surface area contributed by atoms with Crippen LogP contribution < -0.4 is 5.32 Å². The quantitative estimate of drug-likeness (QED) is 0.677. The van der Waals surface area contributed by atoms with Gasteiger partial charge in [0.05, 0.1) is 18.4 Å². The molecule has 0 aliphatic carbocycles. The van der Waals surface area contributed by atoms with Crippen molar-refractivity contribution in [3.05, 3.63) is 29.6 Å². The summed E-state index contributed by atoms with van der Waals surface area (Å²) in [5.74, 6) is -1.91. The van der Waals surface area contributed by atoms with Crippen molar-refractivity contribution >= 4 is 29.2 Å². The Morgan fingerprint density at radius 3 is 2.72 bits per heavy atom. The summed E-state index contributed by atoms with van der Waals surface area (Å²) < 4.78 is 17.7. The van der Waals surface area contributed by atoms with Crippen LogP contribution in [0.15, 0.2) is 18.2 Å². The minimum atomic E-state index is -0.649. The molecule has 0 aromatic heterocycles. The Morgan fingerprint density at radius 1 is 1.50 bits per heavy atom. The van der Waals surface area contributed by atoms with Gasteiger partial charge in [-0.25, -0.2) is 9.18 Å². The lowest BCUT2D eigenvalue weighted by Gasteiger charge is -2.12. The zero-order valence-corrected chi connectivity index (χ0v) is 10.8. The first-order valence-electron chi connectivity index (χ1n) is 5.24. The number of benzene rings is 1. The Labute approximate surface area is 109 Å². The molecule has 1 unspecified atom stereocenters. The highest BCUT2D eigenvalue weighted by atomic mass is 35.5. The van der Waals surface area contributed by atoms with E-state index in [2.05, 4.69) is 10.1 Å². The fourth-order valence-electron chi connectivity index (χ4n) is 1.23. The second-order valence-electron chi connectivity index (χ2n) is 3.73. The summed E-state index contributed by atoms with van der Waals surface area (Å²) in [6.45, 7) is 1.62. The number of carbonyl (C=O) groups is 2. The molecule has 18 heavy (non-hydrogen) atoms. The fourth-order valence-corrected chi connectivity index (χ4v) is 1.37. The van der Waals surface area contributed by atoms with Crippen LogP contribution in [-0.4, -0.2) is 24.9 Å². The zero-order chi connectivity index (χ0) is 13.7. The Hall–Kier alpha value is -1.62. The molecular weight excluding hydrogens is 261 g/mol. The van der Waals surface area contributed by atoms with E-state index in [1.54, 1.807) is 6.92 Å². The smallest absolute Gasteiger partial charge is 0.339 e. The molecule has 0 spiro atoms. The number of hydrogen-bond acceptors (Lipinski definition) is 3. The Kier molecular flexibility index (Phi) is 5.09. The molecule has 0 aliphatic heterocycles. The van der Waals surface area contributed by atoms with E-state index in [1.807, 2.05) is 0 Å². The van der Waals surface area contributed by atoms with E-state index in [9.17, 15) is 14.0 Å². The molecule has 0 saturated carbocycles. The van der Waals surface area contributed by atoms with Crippen molar-refractivity contribution in [1.29, 1.82) is 0 Å². The lowest BCUT2D eigenvalue weighted by Crippen LogP contribution is -2.23. The average Bonchev–Trinajstić information content (AvgIpc) is 2.37. The van der Waals surface area contributed by atoms with Crippen molar-refractivity contribution < 1.29 is 18.7 Å². The summed E-state index contributed by atoms with van der Waals surface area (Å²) >= 11 is 5.55. The molecule has 0 bridgehead atoms. The lowest BCUT2D eigenvalue weighted by molar-refractivity contribution is -0.118. The first-order chi connectivity index (χ1) is 8.49. The van der Waals surface area contributed by atoms with Crippen LogP contribution in [0.25, 0.3) is 0 Å². The van der Waals surface area contributed by atoms with Crippen molar-refractivity contribution in [2.75, 3.05) is 18.3 Å². The predicted molar refractivity (Wildman–Crippen MR) is 66.3 cm³/mol. The Balaban J connectivity index is 3.03. The van der Waals surface area contributed by atoms with E-state index in [4.69, 9.17) is 11.6 Å². The van der Waals surface area contributed by atoms with Gasteiger partial charge in [-0.1, -0.05) is 6.92 Å². The van der Waals surface area contributed by atoms with E-state index in [0.29, 0.717) is 0 Å². The second kappa shape index (κ2) is 6.35. The highest BCUT2D eigenvalue weighted by molar-refractivity contribution is 6.19. The molecule has 0 radical (unpaired) electrons. The largest absolute Gasteiger partial charge is 0.465 e. The fraction of sp³-hybridized carbons (Fsp3) is 0.333. The maximum atomic E-state index is 13.1. The van der Waals surface area contributed by atoms with Gasteiger partial charge in [0.25, 0.3) is 0 Å². The van der Waals surface area contributed by atoms with Crippen LogP contribution in [0.2, 0.25) is 0 Å². The third kappa shape index (κ3) is 3.43. The summed E-state index contributed by atoms with van der Waals surface area (Å²) in [5.41, 5.74) is 0.165. The number of alkyl halides is 1. The van der Waals surface area contributed by atoms with Gasteiger partial charge in [0, 0.05) is 11.8 Å². The molecule has 4 nitrogen and oxygen atoms in total. The SMILES string of the molecule is COC(=O)c1ccc(F)cc1NC(=O)C(C)CCl. The van der Waals surface area contributed by atoms with E-state index in [1.165, 1.54) is 13.2 Å².